The third-order valence-electron chi connectivity index (χ3n) is 2.13. The van der Waals surface area contributed by atoms with Gasteiger partial charge in [0.15, 0.2) is 0 Å². The molecule has 0 bridgehead atoms. The van der Waals surface area contributed by atoms with Crippen molar-refractivity contribution in [3.8, 4) is 0 Å². The molecule has 0 spiro atoms. The quantitative estimate of drug-likeness (QED) is 0.717. The van der Waals surface area contributed by atoms with Crippen LogP contribution in [0.5, 0.6) is 0 Å². The summed E-state index contributed by atoms with van der Waals surface area (Å²) in [6.07, 6.45) is 0. The average molecular weight is 388 g/mol. The van der Waals surface area contributed by atoms with Crippen LogP contribution in [0.1, 0.15) is 17.3 Å². The first-order valence-electron chi connectivity index (χ1n) is 5.58. The number of benzene rings is 1. The number of sulfonamides is 1. The number of rotatable bonds is 6. The molecule has 0 aromatic heterocycles. The van der Waals surface area contributed by atoms with Gasteiger partial charge in [-0.25, -0.2) is 17.9 Å². The number of esters is 1. The highest BCUT2D eigenvalue weighted by Crippen LogP contribution is 2.20. The number of hydrogen-bond donors (Lipinski definition) is 2. The molecule has 6 nitrogen and oxygen atoms in total. The van der Waals surface area contributed by atoms with E-state index in [1.54, 1.807) is 6.92 Å². The Labute approximate surface area is 132 Å². The summed E-state index contributed by atoms with van der Waals surface area (Å²) in [4.78, 5) is 11.6. The summed E-state index contributed by atoms with van der Waals surface area (Å²) < 4.78 is 31.5. The summed E-state index contributed by atoms with van der Waals surface area (Å²) in [5.41, 5.74) is 5.42. The van der Waals surface area contributed by atoms with Crippen molar-refractivity contribution >= 4 is 44.3 Å². The van der Waals surface area contributed by atoms with Gasteiger partial charge in [0.25, 0.3) is 0 Å². The van der Waals surface area contributed by atoms with Gasteiger partial charge in [0.2, 0.25) is 10.0 Å². The second kappa shape index (κ2) is 8.58. The molecular formula is C11H16BrClN2O4S. The van der Waals surface area contributed by atoms with Crippen molar-refractivity contribution < 1.29 is 17.9 Å². The Balaban J connectivity index is 0.00000361. The molecule has 0 aliphatic carbocycles. The van der Waals surface area contributed by atoms with Gasteiger partial charge in [0.1, 0.15) is 0 Å². The minimum absolute atomic E-state index is 0. The number of hydrogen-bond acceptors (Lipinski definition) is 5. The summed E-state index contributed by atoms with van der Waals surface area (Å²) in [7, 11) is -3.68. The predicted molar refractivity (Wildman–Crippen MR) is 81.6 cm³/mol. The van der Waals surface area contributed by atoms with Gasteiger partial charge < -0.3 is 10.5 Å². The molecule has 1 aromatic carbocycles. The molecule has 0 atom stereocenters. The van der Waals surface area contributed by atoms with Gasteiger partial charge in [-0.05, 0) is 25.1 Å². The lowest BCUT2D eigenvalue weighted by molar-refractivity contribution is 0.0526. The monoisotopic (exact) mass is 386 g/mol. The predicted octanol–water partition coefficient (Wildman–Crippen LogP) is 1.28. The zero-order chi connectivity index (χ0) is 14.5. The van der Waals surface area contributed by atoms with Gasteiger partial charge in [0.05, 0.1) is 17.1 Å². The van der Waals surface area contributed by atoms with Gasteiger partial charge in [-0.15, -0.1) is 12.4 Å². The first kappa shape index (κ1) is 19.3. The molecule has 1 aromatic rings. The first-order chi connectivity index (χ1) is 8.90. The summed E-state index contributed by atoms with van der Waals surface area (Å²) in [6, 6.07) is 4.17. The lowest BCUT2D eigenvalue weighted by atomic mass is 10.2. The Bertz CT molecular complexity index is 566. The van der Waals surface area contributed by atoms with E-state index in [0.717, 1.165) is 0 Å². The van der Waals surface area contributed by atoms with Crippen molar-refractivity contribution in [3.05, 3.63) is 28.2 Å². The highest BCUT2D eigenvalue weighted by Gasteiger charge is 2.17. The SMILES string of the molecule is CCOC(=O)c1cc(Br)cc(S(=O)(=O)NCCN)c1.Cl. The van der Waals surface area contributed by atoms with E-state index in [1.165, 1.54) is 18.2 Å². The Morgan fingerprint density at radius 2 is 2.05 bits per heavy atom. The van der Waals surface area contributed by atoms with E-state index >= 15 is 0 Å². The van der Waals surface area contributed by atoms with Crippen LogP contribution in [0.15, 0.2) is 27.6 Å². The van der Waals surface area contributed by atoms with Crippen LogP contribution in [0.3, 0.4) is 0 Å². The number of halogens is 2. The van der Waals surface area contributed by atoms with Crippen molar-refractivity contribution in [2.45, 2.75) is 11.8 Å². The number of carbonyl (C=O) groups is 1. The Morgan fingerprint density at radius 1 is 1.40 bits per heavy atom. The fourth-order valence-corrected chi connectivity index (χ4v) is 3.09. The molecule has 0 saturated heterocycles. The van der Waals surface area contributed by atoms with Gasteiger partial charge >= 0.3 is 5.97 Å². The number of carbonyl (C=O) groups excluding carboxylic acids is 1. The Hall–Kier alpha value is -0.670. The van der Waals surface area contributed by atoms with Crippen LogP contribution < -0.4 is 10.5 Å². The summed E-state index contributed by atoms with van der Waals surface area (Å²) in [6.45, 7) is 2.22. The molecule has 114 valence electrons. The fraction of sp³-hybridized carbons (Fsp3) is 0.364. The fourth-order valence-electron chi connectivity index (χ4n) is 1.33. The van der Waals surface area contributed by atoms with E-state index in [2.05, 4.69) is 20.7 Å². The lowest BCUT2D eigenvalue weighted by Crippen LogP contribution is -2.29. The van der Waals surface area contributed by atoms with E-state index in [4.69, 9.17) is 10.5 Å². The third-order valence-corrected chi connectivity index (χ3v) is 4.03. The van der Waals surface area contributed by atoms with E-state index < -0.39 is 16.0 Å². The summed E-state index contributed by atoms with van der Waals surface area (Å²) in [5.74, 6) is -0.570. The largest absolute Gasteiger partial charge is 0.462 e. The molecule has 0 aliphatic heterocycles. The molecule has 0 saturated carbocycles. The molecule has 0 aliphatic rings. The normalized spacial score (nSPS) is 10.8. The van der Waals surface area contributed by atoms with Crippen LogP contribution in [0.4, 0.5) is 0 Å². The van der Waals surface area contributed by atoms with Crippen LogP contribution in [0, 0.1) is 0 Å². The molecular weight excluding hydrogens is 372 g/mol. The second-order valence-corrected chi connectivity index (χ2v) is 6.27. The minimum atomic E-state index is -3.68. The van der Waals surface area contributed by atoms with E-state index in [9.17, 15) is 13.2 Å². The molecule has 20 heavy (non-hydrogen) atoms. The van der Waals surface area contributed by atoms with Gasteiger partial charge in [-0.1, -0.05) is 15.9 Å². The van der Waals surface area contributed by atoms with E-state index in [1.807, 2.05) is 0 Å². The highest BCUT2D eigenvalue weighted by molar-refractivity contribution is 9.10. The van der Waals surface area contributed by atoms with Crippen LogP contribution in [0.2, 0.25) is 0 Å². The molecule has 0 radical (unpaired) electrons. The van der Waals surface area contributed by atoms with Crippen LogP contribution in [-0.2, 0) is 14.8 Å². The molecule has 3 N–H and O–H groups in total. The molecule has 1 rings (SSSR count). The maximum atomic E-state index is 11.9. The average Bonchev–Trinajstić information content (AvgIpc) is 2.36. The number of nitrogens with two attached hydrogens (primary N) is 1. The van der Waals surface area contributed by atoms with Gasteiger partial charge in [-0.2, -0.15) is 0 Å². The lowest BCUT2D eigenvalue weighted by Gasteiger charge is -2.08. The maximum Gasteiger partial charge on any atom is 0.338 e. The third kappa shape index (κ3) is 5.37. The number of nitrogens with one attached hydrogen (secondary N) is 1. The summed E-state index contributed by atoms with van der Waals surface area (Å²) >= 11 is 3.17. The van der Waals surface area contributed by atoms with Crippen molar-refractivity contribution in [2.24, 2.45) is 5.73 Å². The van der Waals surface area contributed by atoms with Crippen molar-refractivity contribution in [1.29, 1.82) is 0 Å². The topological polar surface area (TPSA) is 98.5 Å². The van der Waals surface area contributed by atoms with Gasteiger partial charge in [0, 0.05) is 17.6 Å². The maximum absolute atomic E-state index is 11.9. The van der Waals surface area contributed by atoms with Crippen LogP contribution in [0.25, 0.3) is 0 Å². The van der Waals surface area contributed by atoms with Crippen molar-refractivity contribution in [2.75, 3.05) is 19.7 Å². The van der Waals surface area contributed by atoms with E-state index in [0.29, 0.717) is 4.47 Å². The first-order valence-corrected chi connectivity index (χ1v) is 7.85. The molecule has 0 unspecified atom stereocenters. The Morgan fingerprint density at radius 3 is 2.60 bits per heavy atom. The summed E-state index contributed by atoms with van der Waals surface area (Å²) in [5, 5.41) is 0. The molecule has 0 fully saturated rings. The van der Waals surface area contributed by atoms with Crippen LogP contribution >= 0.6 is 28.3 Å². The second-order valence-electron chi connectivity index (χ2n) is 3.58. The van der Waals surface area contributed by atoms with Crippen molar-refractivity contribution in [3.63, 3.8) is 0 Å². The molecule has 0 amide bonds. The standard InChI is InChI=1S/C11H15BrN2O4S.ClH/c1-2-18-11(15)8-5-9(12)7-10(6-8)19(16,17)14-4-3-13;/h5-7,14H,2-4,13H2,1H3;1H. The van der Waals surface area contributed by atoms with Gasteiger partial charge in [-0.3, -0.25) is 0 Å². The highest BCUT2D eigenvalue weighted by atomic mass is 79.9. The smallest absolute Gasteiger partial charge is 0.338 e. The molecule has 9 heteroatoms. The Kier molecular flexibility index (Phi) is 8.29. The molecule has 0 heterocycles. The zero-order valence-electron chi connectivity index (χ0n) is 10.8. The zero-order valence-corrected chi connectivity index (χ0v) is 14.0. The minimum Gasteiger partial charge on any atom is -0.462 e. The van der Waals surface area contributed by atoms with Crippen LogP contribution in [-0.4, -0.2) is 34.1 Å². The van der Waals surface area contributed by atoms with Crippen molar-refractivity contribution in [1.82, 2.24) is 4.72 Å². The van der Waals surface area contributed by atoms with E-state index in [-0.39, 0.29) is 42.6 Å². The number of ether oxygens (including phenoxy) is 1.